The lowest BCUT2D eigenvalue weighted by Crippen LogP contribution is -2.36. The molecule has 5 nitrogen and oxygen atoms in total. The van der Waals surface area contributed by atoms with Gasteiger partial charge in [0.05, 0.1) is 11.7 Å². The maximum absolute atomic E-state index is 11.5. The summed E-state index contributed by atoms with van der Waals surface area (Å²) in [6.45, 7) is 1.46. The molecule has 0 aliphatic carbocycles. The zero-order valence-electron chi connectivity index (χ0n) is 7.93. The van der Waals surface area contributed by atoms with Crippen LogP contribution in [0.2, 0.25) is 0 Å². The summed E-state index contributed by atoms with van der Waals surface area (Å²) in [6, 6.07) is -0.0401. The van der Waals surface area contributed by atoms with Gasteiger partial charge in [-0.15, -0.1) is 5.10 Å². The molecule has 1 atom stereocenters. The smallest absolute Gasteiger partial charge is 0.239 e. The van der Waals surface area contributed by atoms with E-state index in [9.17, 15) is 4.79 Å². The monoisotopic (exact) mass is 212 g/mol. The standard InChI is InChI=1S/C8H12N4OS/c1-12-3-2-7(8(12)13)9-4-6-5-14-11-10-6/h5,7,9H,2-4H2,1H3. The molecule has 1 aliphatic heterocycles. The fourth-order valence-corrected chi connectivity index (χ4v) is 1.95. The highest BCUT2D eigenvalue weighted by Crippen LogP contribution is 2.09. The van der Waals surface area contributed by atoms with Crippen LogP contribution in [-0.4, -0.2) is 40.0 Å². The van der Waals surface area contributed by atoms with E-state index in [1.54, 1.807) is 4.90 Å². The van der Waals surface area contributed by atoms with Crippen LogP contribution in [0.5, 0.6) is 0 Å². The van der Waals surface area contributed by atoms with Gasteiger partial charge in [-0.2, -0.15) is 0 Å². The van der Waals surface area contributed by atoms with Gasteiger partial charge >= 0.3 is 0 Å². The van der Waals surface area contributed by atoms with Gasteiger partial charge in [-0.05, 0) is 18.0 Å². The number of likely N-dealkylation sites (tertiary alicyclic amines) is 1. The highest BCUT2D eigenvalue weighted by molar-refractivity contribution is 7.03. The highest BCUT2D eigenvalue weighted by atomic mass is 32.1. The first kappa shape index (κ1) is 9.54. The number of aromatic nitrogens is 2. The Balaban J connectivity index is 1.84. The van der Waals surface area contributed by atoms with Crippen molar-refractivity contribution in [2.45, 2.75) is 19.0 Å². The average molecular weight is 212 g/mol. The van der Waals surface area contributed by atoms with Crippen LogP contribution in [0.4, 0.5) is 0 Å². The molecule has 0 spiro atoms. The Kier molecular flexibility index (Phi) is 2.74. The van der Waals surface area contributed by atoms with Crippen molar-refractivity contribution in [3.8, 4) is 0 Å². The summed E-state index contributed by atoms with van der Waals surface area (Å²) in [5.74, 6) is 0.174. The van der Waals surface area contributed by atoms with E-state index >= 15 is 0 Å². The molecule has 1 amide bonds. The third-order valence-corrected chi connectivity index (χ3v) is 2.92. The van der Waals surface area contributed by atoms with Gasteiger partial charge in [0, 0.05) is 25.5 Å². The molecular weight excluding hydrogens is 200 g/mol. The first-order valence-corrected chi connectivity index (χ1v) is 5.35. The molecule has 14 heavy (non-hydrogen) atoms. The minimum atomic E-state index is -0.0401. The summed E-state index contributed by atoms with van der Waals surface area (Å²) in [5.41, 5.74) is 0.900. The van der Waals surface area contributed by atoms with E-state index in [2.05, 4.69) is 14.9 Å². The lowest BCUT2D eigenvalue weighted by atomic mass is 10.2. The van der Waals surface area contributed by atoms with Crippen LogP contribution in [0.25, 0.3) is 0 Å². The second kappa shape index (κ2) is 4.02. The number of likely N-dealkylation sites (N-methyl/N-ethyl adjacent to an activating group) is 1. The van der Waals surface area contributed by atoms with Crippen LogP contribution in [0.1, 0.15) is 12.1 Å². The van der Waals surface area contributed by atoms with E-state index in [0.717, 1.165) is 18.7 Å². The fourth-order valence-electron chi connectivity index (χ4n) is 1.50. The molecule has 6 heteroatoms. The molecule has 0 aromatic carbocycles. The predicted octanol–water partition coefficient (Wildman–Crippen LogP) is -0.142. The molecule has 0 saturated carbocycles. The van der Waals surface area contributed by atoms with Crippen molar-refractivity contribution in [2.75, 3.05) is 13.6 Å². The van der Waals surface area contributed by atoms with E-state index in [0.29, 0.717) is 6.54 Å². The van der Waals surface area contributed by atoms with Gasteiger partial charge in [0.1, 0.15) is 0 Å². The lowest BCUT2D eigenvalue weighted by Gasteiger charge is -2.10. The van der Waals surface area contributed by atoms with E-state index in [4.69, 9.17) is 0 Å². The van der Waals surface area contributed by atoms with Crippen molar-refractivity contribution in [2.24, 2.45) is 0 Å². The molecule has 0 radical (unpaired) electrons. The average Bonchev–Trinajstić information content (AvgIpc) is 2.77. The minimum absolute atomic E-state index is 0.0401. The molecular formula is C8H12N4OS. The molecule has 1 saturated heterocycles. The van der Waals surface area contributed by atoms with Gasteiger partial charge in [0.15, 0.2) is 0 Å². The highest BCUT2D eigenvalue weighted by Gasteiger charge is 2.28. The number of carbonyl (C=O) groups is 1. The summed E-state index contributed by atoms with van der Waals surface area (Å²) in [7, 11) is 1.83. The van der Waals surface area contributed by atoms with Crippen molar-refractivity contribution in [3.05, 3.63) is 11.1 Å². The molecule has 1 aromatic rings. The Labute approximate surface area is 86.3 Å². The lowest BCUT2D eigenvalue weighted by molar-refractivity contribution is -0.128. The quantitative estimate of drug-likeness (QED) is 0.757. The van der Waals surface area contributed by atoms with Gasteiger partial charge in [-0.3, -0.25) is 4.79 Å². The Bertz CT molecular complexity index is 313. The second-order valence-electron chi connectivity index (χ2n) is 3.38. The molecule has 1 aromatic heterocycles. The second-order valence-corrected chi connectivity index (χ2v) is 3.99. The number of carbonyl (C=O) groups excluding carboxylic acids is 1. The summed E-state index contributed by atoms with van der Waals surface area (Å²) in [6.07, 6.45) is 0.882. The Morgan fingerprint density at radius 2 is 2.64 bits per heavy atom. The Morgan fingerprint density at radius 3 is 3.21 bits per heavy atom. The SMILES string of the molecule is CN1CCC(NCc2csnn2)C1=O. The zero-order chi connectivity index (χ0) is 9.97. The Morgan fingerprint density at radius 1 is 1.79 bits per heavy atom. The van der Waals surface area contributed by atoms with Crippen molar-refractivity contribution in [1.82, 2.24) is 19.8 Å². The van der Waals surface area contributed by atoms with Crippen LogP contribution < -0.4 is 5.32 Å². The molecule has 1 unspecified atom stereocenters. The van der Waals surface area contributed by atoms with Gasteiger partial charge in [-0.1, -0.05) is 4.49 Å². The first-order chi connectivity index (χ1) is 6.77. The van der Waals surface area contributed by atoms with Gasteiger partial charge < -0.3 is 10.2 Å². The summed E-state index contributed by atoms with van der Waals surface area (Å²) < 4.78 is 3.76. The van der Waals surface area contributed by atoms with E-state index in [-0.39, 0.29) is 11.9 Å². The van der Waals surface area contributed by atoms with E-state index < -0.39 is 0 Å². The molecule has 1 fully saturated rings. The van der Waals surface area contributed by atoms with Crippen LogP contribution in [0, 0.1) is 0 Å². The maximum Gasteiger partial charge on any atom is 0.239 e. The van der Waals surface area contributed by atoms with Crippen LogP contribution in [0.3, 0.4) is 0 Å². The van der Waals surface area contributed by atoms with Crippen LogP contribution in [0.15, 0.2) is 5.38 Å². The number of nitrogens with zero attached hydrogens (tertiary/aromatic N) is 3. The zero-order valence-corrected chi connectivity index (χ0v) is 8.75. The van der Waals surface area contributed by atoms with Crippen LogP contribution in [-0.2, 0) is 11.3 Å². The van der Waals surface area contributed by atoms with Gasteiger partial charge in [-0.25, -0.2) is 0 Å². The van der Waals surface area contributed by atoms with Crippen molar-refractivity contribution < 1.29 is 4.79 Å². The topological polar surface area (TPSA) is 58.1 Å². The maximum atomic E-state index is 11.5. The largest absolute Gasteiger partial charge is 0.344 e. The molecule has 2 rings (SSSR count). The molecule has 1 N–H and O–H groups in total. The number of rotatable bonds is 3. The molecule has 0 bridgehead atoms. The summed E-state index contributed by atoms with van der Waals surface area (Å²) in [5, 5.41) is 8.96. The minimum Gasteiger partial charge on any atom is -0.344 e. The van der Waals surface area contributed by atoms with Gasteiger partial charge in [0.2, 0.25) is 5.91 Å². The fraction of sp³-hybridized carbons (Fsp3) is 0.625. The van der Waals surface area contributed by atoms with Crippen molar-refractivity contribution >= 4 is 17.4 Å². The van der Waals surface area contributed by atoms with Gasteiger partial charge in [0.25, 0.3) is 0 Å². The Hall–Kier alpha value is -1.01. The number of amides is 1. The molecule has 2 heterocycles. The van der Waals surface area contributed by atoms with Crippen molar-refractivity contribution in [1.29, 1.82) is 0 Å². The molecule has 76 valence electrons. The summed E-state index contributed by atoms with van der Waals surface area (Å²) >= 11 is 1.33. The first-order valence-electron chi connectivity index (χ1n) is 4.51. The van der Waals surface area contributed by atoms with E-state index in [1.165, 1.54) is 11.5 Å². The normalized spacial score (nSPS) is 21.9. The van der Waals surface area contributed by atoms with E-state index in [1.807, 2.05) is 12.4 Å². The van der Waals surface area contributed by atoms with Crippen LogP contribution >= 0.6 is 11.5 Å². The number of hydrogen-bond donors (Lipinski definition) is 1. The third-order valence-electron chi connectivity index (χ3n) is 2.36. The third kappa shape index (κ3) is 1.91. The molecule has 1 aliphatic rings. The van der Waals surface area contributed by atoms with Crippen molar-refractivity contribution in [3.63, 3.8) is 0 Å². The number of nitrogens with one attached hydrogen (secondary N) is 1. The predicted molar refractivity (Wildman–Crippen MR) is 52.8 cm³/mol. The number of hydrogen-bond acceptors (Lipinski definition) is 5. The summed E-state index contributed by atoms with van der Waals surface area (Å²) in [4.78, 5) is 13.2.